The highest BCUT2D eigenvalue weighted by Crippen LogP contribution is 2.00. The van der Waals surface area contributed by atoms with Crippen molar-refractivity contribution in [3.8, 4) is 0 Å². The topological polar surface area (TPSA) is 0 Å². The third kappa shape index (κ3) is 6.15. The SMILES string of the molecule is [C]1=CC=CCCC=CCCC=CC1. The minimum absolute atomic E-state index is 0.939. The van der Waals surface area contributed by atoms with E-state index in [1.165, 1.54) is 6.42 Å². The van der Waals surface area contributed by atoms with E-state index < -0.39 is 0 Å². The van der Waals surface area contributed by atoms with Crippen LogP contribution in [-0.4, -0.2) is 0 Å². The van der Waals surface area contributed by atoms with Crippen molar-refractivity contribution in [2.75, 3.05) is 0 Å². The second-order valence-corrected chi connectivity index (χ2v) is 3.10. The summed E-state index contributed by atoms with van der Waals surface area (Å²) in [4.78, 5) is 0. The fourth-order valence-electron chi connectivity index (χ4n) is 1.19. The molecule has 1 rings (SSSR count). The van der Waals surface area contributed by atoms with Crippen molar-refractivity contribution < 1.29 is 0 Å². The van der Waals surface area contributed by atoms with Crippen molar-refractivity contribution in [1.29, 1.82) is 0 Å². The van der Waals surface area contributed by atoms with Gasteiger partial charge in [-0.3, -0.25) is 0 Å². The van der Waals surface area contributed by atoms with E-state index in [2.05, 4.69) is 42.5 Å². The zero-order valence-electron chi connectivity index (χ0n) is 8.08. The molecule has 0 spiro atoms. The quantitative estimate of drug-likeness (QED) is 0.486. The van der Waals surface area contributed by atoms with E-state index in [1.54, 1.807) is 0 Å². The van der Waals surface area contributed by atoms with E-state index in [4.69, 9.17) is 0 Å². The Bertz CT molecular complexity index is 216. The first-order chi connectivity index (χ1) is 6.50. The molecule has 1 aliphatic carbocycles. The Hall–Kier alpha value is -1.04. The summed E-state index contributed by atoms with van der Waals surface area (Å²) in [7, 11) is 0. The standard InChI is InChI=1S/C13H17/c1-2-4-6-8-10-12-13-11-9-7-5-3-1/h1-3,8-11H,4,6-7,12-13H2. The third-order valence-corrected chi connectivity index (χ3v) is 1.92. The van der Waals surface area contributed by atoms with E-state index in [0.29, 0.717) is 0 Å². The lowest BCUT2D eigenvalue weighted by molar-refractivity contribution is 1.00. The molecule has 0 heteroatoms. The molecular weight excluding hydrogens is 156 g/mol. The molecular formula is C13H17. The molecule has 0 heterocycles. The zero-order chi connectivity index (χ0) is 9.19. The highest BCUT2D eigenvalue weighted by atomic mass is 13.9. The zero-order valence-corrected chi connectivity index (χ0v) is 8.08. The van der Waals surface area contributed by atoms with Gasteiger partial charge in [0.05, 0.1) is 0 Å². The van der Waals surface area contributed by atoms with E-state index in [1.807, 2.05) is 6.08 Å². The fourth-order valence-corrected chi connectivity index (χ4v) is 1.19. The third-order valence-electron chi connectivity index (χ3n) is 1.92. The van der Waals surface area contributed by atoms with Crippen LogP contribution in [0.2, 0.25) is 0 Å². The summed E-state index contributed by atoms with van der Waals surface area (Å²) in [6, 6.07) is 0. The highest BCUT2D eigenvalue weighted by molar-refractivity contribution is 5.02. The molecule has 0 fully saturated rings. The Balaban J connectivity index is 2.38. The Kier molecular flexibility index (Phi) is 5.87. The van der Waals surface area contributed by atoms with E-state index >= 15 is 0 Å². The van der Waals surface area contributed by atoms with Crippen LogP contribution in [0.25, 0.3) is 0 Å². The summed E-state index contributed by atoms with van der Waals surface area (Å²) in [5.41, 5.74) is 0. The monoisotopic (exact) mass is 173 g/mol. The predicted molar refractivity (Wildman–Crippen MR) is 58.3 cm³/mol. The largest absolute Gasteiger partial charge is 0.0882 e. The van der Waals surface area contributed by atoms with Crippen LogP contribution in [0.1, 0.15) is 32.1 Å². The average Bonchev–Trinajstić information content (AvgIpc) is 2.18. The molecule has 0 amide bonds. The smallest absolute Gasteiger partial charge is 0.00946 e. The summed E-state index contributed by atoms with van der Waals surface area (Å²) in [5, 5.41) is 0. The molecule has 0 nitrogen and oxygen atoms in total. The molecule has 69 valence electrons. The summed E-state index contributed by atoms with van der Waals surface area (Å²) >= 11 is 0. The number of hydrogen-bond donors (Lipinski definition) is 0. The molecule has 0 saturated heterocycles. The van der Waals surface area contributed by atoms with Gasteiger partial charge in [0.15, 0.2) is 0 Å². The Morgan fingerprint density at radius 1 is 0.692 bits per heavy atom. The normalized spacial score (nSPS) is 19.1. The Morgan fingerprint density at radius 3 is 2.08 bits per heavy atom. The Morgan fingerprint density at radius 2 is 1.31 bits per heavy atom. The predicted octanol–water partition coefficient (Wildman–Crippen LogP) is 3.98. The van der Waals surface area contributed by atoms with E-state index in [-0.39, 0.29) is 0 Å². The van der Waals surface area contributed by atoms with Gasteiger partial charge in [-0.25, -0.2) is 0 Å². The molecule has 0 aliphatic heterocycles. The molecule has 1 radical (unpaired) electrons. The first-order valence-electron chi connectivity index (χ1n) is 5.02. The number of allylic oxidation sites excluding steroid dienone is 8. The first kappa shape index (κ1) is 10.0. The van der Waals surface area contributed by atoms with E-state index in [9.17, 15) is 0 Å². The van der Waals surface area contributed by atoms with Crippen LogP contribution in [0, 0.1) is 6.08 Å². The van der Waals surface area contributed by atoms with Crippen LogP contribution in [-0.2, 0) is 0 Å². The molecule has 0 atom stereocenters. The maximum Gasteiger partial charge on any atom is -0.00946 e. The lowest BCUT2D eigenvalue weighted by Gasteiger charge is -1.87. The molecule has 1 aliphatic rings. The first-order valence-corrected chi connectivity index (χ1v) is 5.02. The van der Waals surface area contributed by atoms with Crippen molar-refractivity contribution in [1.82, 2.24) is 0 Å². The number of rotatable bonds is 0. The second kappa shape index (κ2) is 7.60. The van der Waals surface area contributed by atoms with Crippen molar-refractivity contribution in [2.24, 2.45) is 0 Å². The second-order valence-electron chi connectivity index (χ2n) is 3.10. The maximum absolute atomic E-state index is 3.20. The molecule has 0 unspecified atom stereocenters. The van der Waals surface area contributed by atoms with Crippen LogP contribution in [0.3, 0.4) is 0 Å². The summed E-state index contributed by atoms with van der Waals surface area (Å²) in [6.07, 6.45) is 24.0. The van der Waals surface area contributed by atoms with Gasteiger partial charge in [-0.15, -0.1) is 0 Å². The highest BCUT2D eigenvalue weighted by Gasteiger charge is 1.79. The van der Waals surface area contributed by atoms with Crippen LogP contribution in [0.15, 0.2) is 42.5 Å². The molecule has 0 aromatic carbocycles. The minimum atomic E-state index is 0.939. The molecule has 0 aromatic heterocycles. The van der Waals surface area contributed by atoms with Gasteiger partial charge in [-0.05, 0) is 38.2 Å². The van der Waals surface area contributed by atoms with Gasteiger partial charge in [0.2, 0.25) is 0 Å². The summed E-state index contributed by atoms with van der Waals surface area (Å²) in [6.45, 7) is 0. The Labute approximate surface area is 81.4 Å². The van der Waals surface area contributed by atoms with Crippen molar-refractivity contribution >= 4 is 0 Å². The average molecular weight is 173 g/mol. The number of hydrogen-bond acceptors (Lipinski definition) is 0. The van der Waals surface area contributed by atoms with Gasteiger partial charge in [0, 0.05) is 0 Å². The van der Waals surface area contributed by atoms with Crippen molar-refractivity contribution in [3.05, 3.63) is 48.6 Å². The van der Waals surface area contributed by atoms with Crippen LogP contribution < -0.4 is 0 Å². The molecule has 0 N–H and O–H groups in total. The lowest BCUT2D eigenvalue weighted by Crippen LogP contribution is -1.66. The fraction of sp³-hybridized carbons (Fsp3) is 0.385. The van der Waals surface area contributed by atoms with Gasteiger partial charge in [0.1, 0.15) is 0 Å². The van der Waals surface area contributed by atoms with Crippen molar-refractivity contribution in [3.63, 3.8) is 0 Å². The van der Waals surface area contributed by atoms with E-state index in [0.717, 1.165) is 25.7 Å². The van der Waals surface area contributed by atoms with Gasteiger partial charge in [0.25, 0.3) is 0 Å². The summed E-state index contributed by atoms with van der Waals surface area (Å²) < 4.78 is 0. The van der Waals surface area contributed by atoms with Crippen molar-refractivity contribution in [2.45, 2.75) is 32.1 Å². The lowest BCUT2D eigenvalue weighted by atomic mass is 10.2. The molecule has 0 aromatic rings. The molecule has 0 bridgehead atoms. The van der Waals surface area contributed by atoms with Gasteiger partial charge < -0.3 is 0 Å². The van der Waals surface area contributed by atoms with Crippen LogP contribution >= 0.6 is 0 Å². The molecule has 0 saturated carbocycles. The van der Waals surface area contributed by atoms with Crippen LogP contribution in [0.4, 0.5) is 0 Å². The van der Waals surface area contributed by atoms with Gasteiger partial charge in [-0.1, -0.05) is 42.5 Å². The maximum atomic E-state index is 3.20. The van der Waals surface area contributed by atoms with Gasteiger partial charge >= 0.3 is 0 Å². The van der Waals surface area contributed by atoms with Gasteiger partial charge in [-0.2, -0.15) is 0 Å². The summed E-state index contributed by atoms with van der Waals surface area (Å²) in [5.74, 6) is 0. The minimum Gasteiger partial charge on any atom is -0.0882 e. The molecule has 13 heavy (non-hydrogen) atoms. The van der Waals surface area contributed by atoms with Crippen LogP contribution in [0.5, 0.6) is 0 Å².